The lowest BCUT2D eigenvalue weighted by molar-refractivity contribution is 0.0259. The van der Waals surface area contributed by atoms with Gasteiger partial charge in [-0.25, -0.2) is 17.5 Å². The van der Waals surface area contributed by atoms with E-state index in [9.17, 15) is 17.6 Å². The summed E-state index contributed by atoms with van der Waals surface area (Å²) >= 11 is 0. The second-order valence-corrected chi connectivity index (χ2v) is 12.3. The molecule has 11 nitrogen and oxygen atoms in total. The van der Waals surface area contributed by atoms with Crippen LogP contribution in [-0.2, 0) is 14.8 Å². The molecule has 1 aliphatic heterocycles. The molecule has 13 heteroatoms. The van der Waals surface area contributed by atoms with Crippen LogP contribution in [0.5, 0.6) is 17.2 Å². The van der Waals surface area contributed by atoms with E-state index in [0.717, 1.165) is 11.8 Å². The fourth-order valence-corrected chi connectivity index (χ4v) is 5.65. The Morgan fingerprint density at radius 2 is 1.89 bits per heavy atom. The van der Waals surface area contributed by atoms with Gasteiger partial charge in [0.2, 0.25) is 15.8 Å². The first-order valence-corrected chi connectivity index (χ1v) is 15.8. The van der Waals surface area contributed by atoms with E-state index in [1.165, 1.54) is 23.0 Å². The lowest BCUT2D eigenvalue weighted by Crippen LogP contribution is -2.26. The molecule has 0 radical (unpaired) electrons. The Kier molecular flexibility index (Phi) is 7.74. The van der Waals surface area contributed by atoms with Crippen LogP contribution >= 0.6 is 0 Å². The van der Waals surface area contributed by atoms with E-state index in [1.54, 1.807) is 48.5 Å². The third-order valence-electron chi connectivity index (χ3n) is 7.23. The van der Waals surface area contributed by atoms with E-state index in [-0.39, 0.29) is 34.6 Å². The number of aromatic amines is 1. The summed E-state index contributed by atoms with van der Waals surface area (Å²) in [6, 6.07) is 16.2. The first kappa shape index (κ1) is 29.2. The van der Waals surface area contributed by atoms with Crippen LogP contribution < -0.4 is 19.9 Å². The summed E-state index contributed by atoms with van der Waals surface area (Å²) < 4.78 is 59.4. The lowest BCUT2D eigenvalue weighted by atomic mass is 10.1. The van der Waals surface area contributed by atoms with Gasteiger partial charge in [0.15, 0.2) is 11.6 Å². The molecule has 1 fully saturated rings. The molecule has 228 valence electrons. The van der Waals surface area contributed by atoms with E-state index >= 15 is 0 Å². The van der Waals surface area contributed by atoms with Gasteiger partial charge in [-0.15, -0.1) is 0 Å². The van der Waals surface area contributed by atoms with Gasteiger partial charge in [-0.3, -0.25) is 9.52 Å². The number of para-hydroxylation sites is 1. The van der Waals surface area contributed by atoms with Crippen LogP contribution in [0.1, 0.15) is 34.5 Å². The number of sulfonamides is 1. The number of halogens is 1. The summed E-state index contributed by atoms with van der Waals surface area (Å²) in [6.45, 7) is 2.95. The van der Waals surface area contributed by atoms with Crippen molar-refractivity contribution in [1.82, 2.24) is 14.8 Å². The molecule has 2 aromatic heterocycles. The fraction of sp³-hybridized carbons (Fsp3) is 0.226. The molecular weight excluding hydrogens is 589 g/mol. The number of anilines is 2. The minimum atomic E-state index is -3.60. The molecule has 6 rings (SSSR count). The zero-order chi connectivity index (χ0) is 31.0. The Morgan fingerprint density at radius 3 is 2.61 bits per heavy atom. The van der Waals surface area contributed by atoms with Crippen LogP contribution in [0.15, 0.2) is 66.9 Å². The van der Waals surface area contributed by atoms with Gasteiger partial charge in [0, 0.05) is 23.7 Å². The number of hydrogen-bond acceptors (Lipinski definition) is 8. The van der Waals surface area contributed by atoms with Crippen LogP contribution in [0.3, 0.4) is 0 Å². The topological polar surface area (TPSA) is 151 Å². The highest BCUT2D eigenvalue weighted by Crippen LogP contribution is 2.34. The van der Waals surface area contributed by atoms with Crippen LogP contribution in [0.2, 0.25) is 0 Å². The first-order chi connectivity index (χ1) is 21.1. The summed E-state index contributed by atoms with van der Waals surface area (Å²) in [6.07, 6.45) is 3.68. The van der Waals surface area contributed by atoms with E-state index in [1.807, 2.05) is 6.92 Å². The van der Waals surface area contributed by atoms with Crippen LogP contribution in [0.4, 0.5) is 15.9 Å². The summed E-state index contributed by atoms with van der Waals surface area (Å²) in [5, 5.41) is 5.01. The predicted octanol–water partition coefficient (Wildman–Crippen LogP) is 5.34. The summed E-state index contributed by atoms with van der Waals surface area (Å²) in [5.41, 5.74) is 8.98. The second-order valence-electron chi connectivity index (χ2n) is 10.6. The number of carbonyl (C=O) groups is 1. The number of nitrogen functional groups attached to an aromatic ring is 1. The molecule has 0 unspecified atom stereocenters. The van der Waals surface area contributed by atoms with Gasteiger partial charge < -0.3 is 24.9 Å². The molecule has 0 aliphatic carbocycles. The van der Waals surface area contributed by atoms with Crippen molar-refractivity contribution in [3.63, 3.8) is 0 Å². The third-order valence-corrected chi connectivity index (χ3v) is 7.83. The molecule has 0 atom stereocenters. The van der Waals surface area contributed by atoms with E-state index in [4.69, 9.17) is 19.9 Å². The SMILES string of the molecule is Cc1cc(Oc2ccccc2F)ccc1-n1ncc(C(=O)c2cc3cc(OC4CCOCC4)c(NS(C)(=O)=O)cc3[nH]2)c1N. The first-order valence-electron chi connectivity index (χ1n) is 13.9. The molecular formula is C31H30FN5O6S. The number of rotatable bonds is 9. The van der Waals surface area contributed by atoms with Crippen molar-refractivity contribution in [1.29, 1.82) is 0 Å². The minimum Gasteiger partial charge on any atom is -0.488 e. The van der Waals surface area contributed by atoms with Crippen molar-refractivity contribution >= 4 is 38.2 Å². The number of H-pyrrole nitrogens is 1. The number of ether oxygens (including phenoxy) is 3. The smallest absolute Gasteiger partial charge is 0.229 e. The molecule has 1 aliphatic rings. The zero-order valence-electron chi connectivity index (χ0n) is 24.0. The van der Waals surface area contributed by atoms with Crippen LogP contribution in [0, 0.1) is 12.7 Å². The number of nitrogens with zero attached hydrogens (tertiary/aromatic N) is 2. The van der Waals surface area contributed by atoms with E-state index in [2.05, 4.69) is 14.8 Å². The lowest BCUT2D eigenvalue weighted by Gasteiger charge is -2.24. The van der Waals surface area contributed by atoms with Crippen molar-refractivity contribution in [2.45, 2.75) is 25.9 Å². The summed E-state index contributed by atoms with van der Waals surface area (Å²) in [7, 11) is -3.60. The Morgan fingerprint density at radius 1 is 1.11 bits per heavy atom. The molecule has 5 aromatic rings. The number of hydrogen-bond donors (Lipinski definition) is 3. The van der Waals surface area contributed by atoms with Gasteiger partial charge >= 0.3 is 0 Å². The average molecular weight is 620 g/mol. The molecule has 44 heavy (non-hydrogen) atoms. The van der Waals surface area contributed by atoms with E-state index in [0.29, 0.717) is 54.1 Å². The van der Waals surface area contributed by atoms with Crippen molar-refractivity contribution in [2.24, 2.45) is 0 Å². The van der Waals surface area contributed by atoms with Gasteiger partial charge in [-0.1, -0.05) is 12.1 Å². The molecule has 3 heterocycles. The second kappa shape index (κ2) is 11.7. The van der Waals surface area contributed by atoms with Crippen molar-refractivity contribution in [3.8, 4) is 22.9 Å². The highest BCUT2D eigenvalue weighted by Gasteiger charge is 2.23. The highest BCUT2D eigenvalue weighted by atomic mass is 32.2. The van der Waals surface area contributed by atoms with Gasteiger partial charge in [-0.2, -0.15) is 5.10 Å². The molecule has 4 N–H and O–H groups in total. The number of benzene rings is 3. The van der Waals surface area contributed by atoms with Crippen molar-refractivity contribution in [3.05, 3.63) is 89.5 Å². The molecule has 0 spiro atoms. The number of ketones is 1. The van der Waals surface area contributed by atoms with Crippen LogP contribution in [-0.4, -0.2) is 54.5 Å². The Balaban J connectivity index is 1.28. The number of aromatic nitrogens is 3. The Bertz CT molecular complexity index is 1980. The molecule has 0 saturated carbocycles. The number of nitrogens with one attached hydrogen (secondary N) is 2. The predicted molar refractivity (Wildman–Crippen MR) is 164 cm³/mol. The summed E-state index contributed by atoms with van der Waals surface area (Å²) in [4.78, 5) is 16.7. The normalized spacial score (nSPS) is 14.1. The van der Waals surface area contributed by atoms with Crippen molar-refractivity contribution in [2.75, 3.05) is 29.9 Å². The highest BCUT2D eigenvalue weighted by molar-refractivity contribution is 7.92. The largest absolute Gasteiger partial charge is 0.488 e. The van der Waals surface area contributed by atoms with Gasteiger partial charge in [0.25, 0.3) is 0 Å². The Labute approximate surface area is 252 Å². The minimum absolute atomic E-state index is 0.103. The Hall–Kier alpha value is -4.88. The van der Waals surface area contributed by atoms with Gasteiger partial charge in [0.05, 0.1) is 48.3 Å². The monoisotopic (exact) mass is 619 g/mol. The zero-order valence-corrected chi connectivity index (χ0v) is 24.8. The number of aryl methyl sites for hydroxylation is 1. The third kappa shape index (κ3) is 6.10. The number of carbonyl (C=O) groups excluding carboxylic acids is 1. The van der Waals surface area contributed by atoms with Crippen molar-refractivity contribution < 1.29 is 31.8 Å². The number of fused-ring (bicyclic) bond motifs is 1. The molecule has 0 amide bonds. The quantitative estimate of drug-likeness (QED) is 0.187. The summed E-state index contributed by atoms with van der Waals surface area (Å²) in [5.74, 6) is 0.149. The number of nitrogens with two attached hydrogens (primary N) is 1. The van der Waals surface area contributed by atoms with Crippen LogP contribution in [0.25, 0.3) is 16.6 Å². The maximum atomic E-state index is 14.0. The molecule has 1 saturated heterocycles. The standard InChI is InChI=1S/C31H30FN5O6S/c1-18-13-21(43-28-6-4-3-5-23(28)32)7-8-27(18)37-31(33)22(17-34-37)30(38)26-14-19-15-29(42-20-9-11-41-12-10-20)25(16-24(19)35-26)36-44(2,39)40/h3-8,13-17,20,35-36H,9-12,33H2,1-2H3. The molecule has 3 aromatic carbocycles. The van der Waals surface area contributed by atoms with E-state index < -0.39 is 21.6 Å². The maximum absolute atomic E-state index is 14.0. The molecule has 0 bridgehead atoms. The van der Waals surface area contributed by atoms with Gasteiger partial charge in [0.1, 0.15) is 23.4 Å². The maximum Gasteiger partial charge on any atom is 0.229 e. The van der Waals surface area contributed by atoms with Gasteiger partial charge in [-0.05, 0) is 61.0 Å². The average Bonchev–Trinajstić information content (AvgIpc) is 3.57. The fourth-order valence-electron chi connectivity index (χ4n) is 5.09.